The van der Waals surface area contributed by atoms with E-state index in [0.717, 1.165) is 5.41 Å². The molecular formula is C19H16ClNO5S. The van der Waals surface area contributed by atoms with E-state index < -0.39 is 34.4 Å². The van der Waals surface area contributed by atoms with Crippen LogP contribution in [0.25, 0.3) is 0 Å². The van der Waals surface area contributed by atoms with E-state index in [0.29, 0.717) is 5.69 Å². The zero-order valence-corrected chi connectivity index (χ0v) is 15.7. The molecule has 0 spiro atoms. The summed E-state index contributed by atoms with van der Waals surface area (Å²) in [4.78, 5) is 26.2. The summed E-state index contributed by atoms with van der Waals surface area (Å²) in [6.45, 7) is -0.538. The molecule has 0 radical (unpaired) electrons. The molecule has 0 aliphatic carbocycles. The molecule has 0 fully saturated rings. The van der Waals surface area contributed by atoms with Gasteiger partial charge in [0, 0.05) is 11.1 Å². The van der Waals surface area contributed by atoms with Crippen LogP contribution in [0.5, 0.6) is 0 Å². The van der Waals surface area contributed by atoms with E-state index in [2.05, 4.69) is 0 Å². The number of benzene rings is 2. The first-order valence-electron chi connectivity index (χ1n) is 8.07. The van der Waals surface area contributed by atoms with Crippen molar-refractivity contribution in [2.24, 2.45) is 0 Å². The molecule has 6 nitrogen and oxygen atoms in total. The fourth-order valence-corrected chi connectivity index (χ4v) is 4.21. The first-order chi connectivity index (χ1) is 12.9. The minimum Gasteiger partial charge on any atom is -0.452 e. The van der Waals surface area contributed by atoms with Gasteiger partial charge in [0.05, 0.1) is 22.4 Å². The Labute approximate surface area is 161 Å². The smallest absolute Gasteiger partial charge is 0.340 e. The van der Waals surface area contributed by atoms with Gasteiger partial charge in [-0.2, -0.15) is 0 Å². The van der Waals surface area contributed by atoms with E-state index in [-0.39, 0.29) is 16.3 Å². The van der Waals surface area contributed by atoms with Crippen molar-refractivity contribution in [3.05, 3.63) is 76.7 Å². The van der Waals surface area contributed by atoms with Crippen molar-refractivity contribution in [3.63, 3.8) is 0 Å². The lowest BCUT2D eigenvalue weighted by atomic mass is 10.2. The van der Waals surface area contributed by atoms with E-state index >= 15 is 0 Å². The van der Waals surface area contributed by atoms with E-state index in [4.69, 9.17) is 16.3 Å². The Morgan fingerprint density at radius 3 is 2.37 bits per heavy atom. The molecule has 0 aromatic heterocycles. The van der Waals surface area contributed by atoms with E-state index in [1.54, 1.807) is 48.5 Å². The number of hydrogen-bond donors (Lipinski definition) is 0. The maximum atomic E-state index is 12.7. The summed E-state index contributed by atoms with van der Waals surface area (Å²) in [5.41, 5.74) is 0.671. The number of para-hydroxylation sites is 1. The molecule has 1 atom stereocenters. The predicted octanol–water partition coefficient (Wildman–Crippen LogP) is 2.84. The van der Waals surface area contributed by atoms with Crippen LogP contribution < -0.4 is 4.90 Å². The molecule has 1 aliphatic heterocycles. The lowest BCUT2D eigenvalue weighted by Gasteiger charge is -2.27. The normalized spacial score (nSPS) is 17.4. The fourth-order valence-electron chi connectivity index (χ4n) is 2.73. The molecule has 1 amide bonds. The van der Waals surface area contributed by atoms with E-state index in [1.165, 1.54) is 17.0 Å². The number of anilines is 1. The summed E-state index contributed by atoms with van der Waals surface area (Å²) in [6, 6.07) is 14.3. The lowest BCUT2D eigenvalue weighted by molar-refractivity contribution is -0.121. The molecule has 3 rings (SSSR count). The minimum absolute atomic E-state index is 0.154. The molecule has 0 N–H and O–H groups in total. The summed E-state index contributed by atoms with van der Waals surface area (Å²) >= 11 is 5.96. The average Bonchev–Trinajstić information content (AvgIpc) is 3.00. The van der Waals surface area contributed by atoms with E-state index in [9.17, 15) is 18.0 Å². The molecule has 2 aromatic carbocycles. The van der Waals surface area contributed by atoms with Crippen LogP contribution >= 0.6 is 11.6 Å². The van der Waals surface area contributed by atoms with Crippen LogP contribution in [0.15, 0.2) is 66.1 Å². The highest BCUT2D eigenvalue weighted by atomic mass is 35.5. The largest absolute Gasteiger partial charge is 0.452 e. The zero-order chi connectivity index (χ0) is 19.4. The van der Waals surface area contributed by atoms with Gasteiger partial charge in [-0.1, -0.05) is 41.9 Å². The Hall–Kier alpha value is -2.64. The summed E-state index contributed by atoms with van der Waals surface area (Å²) in [7, 11) is -3.36. The number of ether oxygens (including phenoxy) is 1. The van der Waals surface area contributed by atoms with Crippen LogP contribution in [0.2, 0.25) is 5.02 Å². The molecule has 0 unspecified atom stereocenters. The van der Waals surface area contributed by atoms with Gasteiger partial charge in [0.2, 0.25) is 0 Å². The lowest BCUT2D eigenvalue weighted by Crippen LogP contribution is -2.43. The van der Waals surface area contributed by atoms with Gasteiger partial charge in [0.25, 0.3) is 5.91 Å². The Morgan fingerprint density at radius 1 is 1.07 bits per heavy atom. The van der Waals surface area contributed by atoms with Crippen LogP contribution in [-0.4, -0.2) is 38.7 Å². The average molecular weight is 406 g/mol. The zero-order valence-electron chi connectivity index (χ0n) is 14.1. The van der Waals surface area contributed by atoms with Crippen LogP contribution in [0, 0.1) is 0 Å². The van der Waals surface area contributed by atoms with Crippen molar-refractivity contribution in [2.45, 2.75) is 6.04 Å². The van der Waals surface area contributed by atoms with Crippen molar-refractivity contribution >= 4 is 39.0 Å². The third kappa shape index (κ3) is 4.56. The van der Waals surface area contributed by atoms with Crippen molar-refractivity contribution in [1.82, 2.24) is 0 Å². The van der Waals surface area contributed by atoms with Gasteiger partial charge in [0.15, 0.2) is 16.4 Å². The van der Waals surface area contributed by atoms with Crippen molar-refractivity contribution in [2.75, 3.05) is 17.3 Å². The van der Waals surface area contributed by atoms with Crippen molar-refractivity contribution in [1.29, 1.82) is 0 Å². The summed E-state index contributed by atoms with van der Waals surface area (Å²) < 4.78 is 28.6. The number of halogens is 1. The number of nitrogens with zero attached hydrogens (tertiary/aromatic N) is 1. The Bertz CT molecular complexity index is 988. The molecule has 0 saturated carbocycles. The van der Waals surface area contributed by atoms with Gasteiger partial charge in [-0.25, -0.2) is 13.2 Å². The predicted molar refractivity (Wildman–Crippen MR) is 102 cm³/mol. The quantitative estimate of drug-likeness (QED) is 0.714. The Balaban J connectivity index is 1.77. The molecule has 0 saturated heterocycles. The van der Waals surface area contributed by atoms with Gasteiger partial charge in [-0.05, 0) is 30.3 Å². The molecule has 0 bridgehead atoms. The molecular weight excluding hydrogens is 390 g/mol. The maximum Gasteiger partial charge on any atom is 0.340 e. The molecule has 1 heterocycles. The van der Waals surface area contributed by atoms with Crippen LogP contribution in [0.1, 0.15) is 10.4 Å². The monoisotopic (exact) mass is 405 g/mol. The second kappa shape index (κ2) is 7.94. The minimum atomic E-state index is -3.36. The highest BCUT2D eigenvalue weighted by molar-refractivity contribution is 7.94. The summed E-state index contributed by atoms with van der Waals surface area (Å²) in [6.07, 6.45) is 1.45. The topological polar surface area (TPSA) is 80.8 Å². The SMILES string of the molecule is O=C(OCC(=O)N(c1ccccc1)[C@@H]1C=CS(=O)(=O)C1)c1ccccc1Cl. The summed E-state index contributed by atoms with van der Waals surface area (Å²) in [5.74, 6) is -1.48. The third-order valence-electron chi connectivity index (χ3n) is 3.97. The molecule has 8 heteroatoms. The first-order valence-corrected chi connectivity index (χ1v) is 10.2. The number of carbonyl (C=O) groups is 2. The second-order valence-corrected chi connectivity index (χ2v) is 8.22. The molecule has 140 valence electrons. The maximum absolute atomic E-state index is 12.7. The molecule has 1 aliphatic rings. The number of amides is 1. The highest BCUT2D eigenvalue weighted by Crippen LogP contribution is 2.23. The van der Waals surface area contributed by atoms with Crippen LogP contribution in [0.3, 0.4) is 0 Å². The number of hydrogen-bond acceptors (Lipinski definition) is 5. The van der Waals surface area contributed by atoms with Crippen molar-refractivity contribution < 1.29 is 22.7 Å². The van der Waals surface area contributed by atoms with Crippen LogP contribution in [-0.2, 0) is 19.4 Å². The molecule has 27 heavy (non-hydrogen) atoms. The van der Waals surface area contributed by atoms with Gasteiger partial charge in [-0.3, -0.25) is 4.79 Å². The Kier molecular flexibility index (Phi) is 5.62. The van der Waals surface area contributed by atoms with Gasteiger partial charge >= 0.3 is 5.97 Å². The fraction of sp³-hybridized carbons (Fsp3) is 0.158. The van der Waals surface area contributed by atoms with Crippen LogP contribution in [0.4, 0.5) is 5.69 Å². The first kappa shape index (κ1) is 19.1. The number of rotatable bonds is 5. The van der Waals surface area contributed by atoms with Gasteiger partial charge < -0.3 is 9.64 Å². The standard InChI is InChI=1S/C19H16ClNO5S/c20-17-9-5-4-8-16(17)19(23)26-12-18(22)21(14-6-2-1-3-7-14)15-10-11-27(24,25)13-15/h1-11,15H,12-13H2/t15-/m1/s1. The highest BCUT2D eigenvalue weighted by Gasteiger charge is 2.31. The number of sulfone groups is 1. The number of carbonyl (C=O) groups excluding carboxylic acids is 2. The summed E-state index contributed by atoms with van der Waals surface area (Å²) in [5, 5.41) is 1.32. The van der Waals surface area contributed by atoms with E-state index in [1.807, 2.05) is 0 Å². The Morgan fingerprint density at radius 2 is 1.74 bits per heavy atom. The third-order valence-corrected chi connectivity index (χ3v) is 5.67. The second-order valence-electron chi connectivity index (χ2n) is 5.88. The van der Waals surface area contributed by atoms with Gasteiger partial charge in [0.1, 0.15) is 0 Å². The number of esters is 1. The van der Waals surface area contributed by atoms with Crippen molar-refractivity contribution in [3.8, 4) is 0 Å². The molecule has 2 aromatic rings. The van der Waals surface area contributed by atoms with Gasteiger partial charge in [-0.15, -0.1) is 0 Å².